The summed E-state index contributed by atoms with van der Waals surface area (Å²) in [6.07, 6.45) is 4.02. The van der Waals surface area contributed by atoms with Crippen molar-refractivity contribution < 1.29 is 5.11 Å². The van der Waals surface area contributed by atoms with Crippen molar-refractivity contribution in [3.63, 3.8) is 0 Å². The second kappa shape index (κ2) is 5.59. The molecule has 5 nitrogen and oxygen atoms in total. The summed E-state index contributed by atoms with van der Waals surface area (Å²) in [6, 6.07) is 0. The smallest absolute Gasteiger partial charge is 0.190 e. The maximum Gasteiger partial charge on any atom is 0.190 e. The highest BCUT2D eigenvalue weighted by Gasteiger charge is 2.39. The van der Waals surface area contributed by atoms with Gasteiger partial charge in [0.05, 0.1) is 5.60 Å². The molecule has 2 unspecified atom stereocenters. The van der Waals surface area contributed by atoms with Crippen LogP contribution in [0.4, 0.5) is 0 Å². The van der Waals surface area contributed by atoms with Crippen molar-refractivity contribution in [2.75, 3.05) is 12.3 Å². The molecule has 3 N–H and O–H groups in total. The second-order valence-corrected chi connectivity index (χ2v) is 6.18. The zero-order chi connectivity index (χ0) is 13.2. The zero-order valence-electron chi connectivity index (χ0n) is 11.1. The number of hydrogen-bond donors (Lipinski definition) is 2. The Morgan fingerprint density at radius 2 is 2.33 bits per heavy atom. The van der Waals surface area contributed by atoms with Gasteiger partial charge in [-0.25, -0.2) is 0 Å². The van der Waals surface area contributed by atoms with Crippen LogP contribution in [0.1, 0.15) is 31.5 Å². The van der Waals surface area contributed by atoms with Crippen LogP contribution in [0.3, 0.4) is 0 Å². The first kappa shape index (κ1) is 13.8. The summed E-state index contributed by atoms with van der Waals surface area (Å²) in [7, 11) is 1.98. The molecule has 102 valence electrons. The fraction of sp³-hybridized carbons (Fsp3) is 0.833. The average Bonchev–Trinajstić information content (AvgIpc) is 2.88. The Labute approximate surface area is 112 Å². The highest BCUT2D eigenvalue weighted by Crippen LogP contribution is 2.38. The summed E-state index contributed by atoms with van der Waals surface area (Å²) < 4.78 is 1.99. The largest absolute Gasteiger partial charge is 0.388 e. The maximum absolute atomic E-state index is 10.3. The molecule has 2 rings (SSSR count). The minimum Gasteiger partial charge on any atom is -0.388 e. The van der Waals surface area contributed by atoms with Gasteiger partial charge in [0.1, 0.15) is 5.82 Å². The van der Waals surface area contributed by atoms with E-state index >= 15 is 0 Å². The molecule has 1 aromatic heterocycles. The van der Waals surface area contributed by atoms with E-state index in [0.717, 1.165) is 42.4 Å². The van der Waals surface area contributed by atoms with E-state index in [1.165, 1.54) is 0 Å². The highest BCUT2D eigenvalue weighted by molar-refractivity contribution is 7.99. The van der Waals surface area contributed by atoms with Crippen LogP contribution in [-0.2, 0) is 7.05 Å². The monoisotopic (exact) mass is 270 g/mol. The summed E-state index contributed by atoms with van der Waals surface area (Å²) in [4.78, 5) is 0. The molecule has 0 aromatic carbocycles. The van der Waals surface area contributed by atoms with Crippen molar-refractivity contribution >= 4 is 11.8 Å². The molecular formula is C12H22N4OS. The van der Waals surface area contributed by atoms with E-state index in [-0.39, 0.29) is 0 Å². The lowest BCUT2D eigenvalue weighted by atomic mass is 9.89. The van der Waals surface area contributed by atoms with E-state index in [0.29, 0.717) is 12.5 Å². The molecule has 0 saturated heterocycles. The molecular weight excluding hydrogens is 248 g/mol. The minimum absolute atomic E-state index is 0.337. The summed E-state index contributed by atoms with van der Waals surface area (Å²) in [5.41, 5.74) is 5.06. The summed E-state index contributed by atoms with van der Waals surface area (Å²) in [5, 5.41) is 19.5. The quantitative estimate of drug-likeness (QED) is 0.783. The van der Waals surface area contributed by atoms with Gasteiger partial charge < -0.3 is 15.4 Å². The number of aliphatic hydroxyl groups is 1. The van der Waals surface area contributed by atoms with E-state index in [9.17, 15) is 5.11 Å². The summed E-state index contributed by atoms with van der Waals surface area (Å²) >= 11 is 1.70. The van der Waals surface area contributed by atoms with E-state index in [1.54, 1.807) is 11.8 Å². The van der Waals surface area contributed by atoms with Gasteiger partial charge >= 0.3 is 0 Å². The van der Waals surface area contributed by atoms with Gasteiger partial charge in [0.2, 0.25) is 0 Å². The van der Waals surface area contributed by atoms with Crippen LogP contribution < -0.4 is 5.73 Å². The number of rotatable bonds is 5. The van der Waals surface area contributed by atoms with Crippen molar-refractivity contribution in [2.45, 2.75) is 43.4 Å². The summed E-state index contributed by atoms with van der Waals surface area (Å²) in [5.74, 6) is 2.22. The normalized spacial score (nSPS) is 27.9. The molecule has 0 bridgehead atoms. The summed E-state index contributed by atoms with van der Waals surface area (Å²) in [6.45, 7) is 2.33. The van der Waals surface area contributed by atoms with Gasteiger partial charge in [-0.3, -0.25) is 0 Å². The Morgan fingerprint density at radius 1 is 1.56 bits per heavy atom. The maximum atomic E-state index is 10.3. The predicted molar refractivity (Wildman–Crippen MR) is 72.4 cm³/mol. The van der Waals surface area contributed by atoms with Crippen LogP contribution in [0, 0.1) is 12.8 Å². The molecule has 18 heavy (non-hydrogen) atoms. The fourth-order valence-electron chi connectivity index (χ4n) is 2.61. The first-order valence-electron chi connectivity index (χ1n) is 6.48. The van der Waals surface area contributed by atoms with Crippen LogP contribution >= 0.6 is 11.8 Å². The molecule has 1 aliphatic carbocycles. The Bertz CT molecular complexity index is 409. The van der Waals surface area contributed by atoms with Crippen molar-refractivity contribution in [2.24, 2.45) is 18.7 Å². The molecule has 1 aliphatic rings. The van der Waals surface area contributed by atoms with E-state index in [1.807, 2.05) is 18.5 Å². The standard InChI is InChI=1S/C12H22N4OS/c1-9-14-15-11(16(9)2)18-7-5-10-4-3-6-12(10,17)8-13/h10,17H,3-8,13H2,1-2H3. The molecule has 0 spiro atoms. The Hall–Kier alpha value is -0.590. The molecule has 0 amide bonds. The van der Waals surface area contributed by atoms with Crippen LogP contribution in [0.2, 0.25) is 0 Å². The van der Waals surface area contributed by atoms with Gasteiger partial charge in [-0.15, -0.1) is 10.2 Å². The lowest BCUT2D eigenvalue weighted by molar-refractivity contribution is 0.0103. The van der Waals surface area contributed by atoms with E-state index in [4.69, 9.17) is 5.73 Å². The molecule has 0 aliphatic heterocycles. The molecule has 2 atom stereocenters. The number of thioether (sulfide) groups is 1. The van der Waals surface area contributed by atoms with Gasteiger partial charge in [0, 0.05) is 19.3 Å². The number of hydrogen-bond acceptors (Lipinski definition) is 5. The first-order valence-corrected chi connectivity index (χ1v) is 7.46. The lowest BCUT2D eigenvalue weighted by Gasteiger charge is -2.28. The van der Waals surface area contributed by atoms with Crippen molar-refractivity contribution in [3.8, 4) is 0 Å². The average molecular weight is 270 g/mol. The number of aryl methyl sites for hydroxylation is 1. The third-order valence-electron chi connectivity index (χ3n) is 4.03. The number of aromatic nitrogens is 3. The lowest BCUT2D eigenvalue weighted by Crippen LogP contribution is -2.41. The van der Waals surface area contributed by atoms with Crippen molar-refractivity contribution in [1.29, 1.82) is 0 Å². The molecule has 1 aromatic rings. The number of nitrogens with two attached hydrogens (primary N) is 1. The van der Waals surface area contributed by atoms with Gasteiger partial charge in [-0.05, 0) is 32.1 Å². The number of nitrogens with zero attached hydrogens (tertiary/aromatic N) is 3. The van der Waals surface area contributed by atoms with Crippen LogP contribution in [0.5, 0.6) is 0 Å². The van der Waals surface area contributed by atoms with Gasteiger partial charge in [0.25, 0.3) is 0 Å². The third kappa shape index (κ3) is 2.70. The van der Waals surface area contributed by atoms with Crippen LogP contribution in [0.15, 0.2) is 5.16 Å². The molecule has 6 heteroatoms. The van der Waals surface area contributed by atoms with E-state index in [2.05, 4.69) is 10.2 Å². The van der Waals surface area contributed by atoms with Crippen molar-refractivity contribution in [1.82, 2.24) is 14.8 Å². The van der Waals surface area contributed by atoms with Crippen LogP contribution in [-0.4, -0.2) is 37.8 Å². The van der Waals surface area contributed by atoms with E-state index < -0.39 is 5.60 Å². The molecule has 1 heterocycles. The Balaban J connectivity index is 1.84. The first-order chi connectivity index (χ1) is 8.57. The zero-order valence-corrected chi connectivity index (χ0v) is 11.9. The third-order valence-corrected chi connectivity index (χ3v) is 5.08. The van der Waals surface area contributed by atoms with Crippen LogP contribution in [0.25, 0.3) is 0 Å². The second-order valence-electron chi connectivity index (χ2n) is 5.12. The SMILES string of the molecule is Cc1nnc(SCCC2CCCC2(O)CN)n1C. The molecule has 1 fully saturated rings. The molecule has 1 saturated carbocycles. The van der Waals surface area contributed by atoms with Crippen molar-refractivity contribution in [3.05, 3.63) is 5.82 Å². The van der Waals surface area contributed by atoms with Gasteiger partial charge in [0.15, 0.2) is 5.16 Å². The fourth-order valence-corrected chi connectivity index (χ4v) is 3.62. The van der Waals surface area contributed by atoms with Gasteiger partial charge in [-0.2, -0.15) is 0 Å². The highest BCUT2D eigenvalue weighted by atomic mass is 32.2. The Morgan fingerprint density at radius 3 is 2.94 bits per heavy atom. The predicted octanol–water partition coefficient (Wildman–Crippen LogP) is 1.10. The Kier molecular flexibility index (Phi) is 4.29. The topological polar surface area (TPSA) is 77.0 Å². The molecule has 0 radical (unpaired) electrons. The minimum atomic E-state index is -0.629. The van der Waals surface area contributed by atoms with Gasteiger partial charge in [-0.1, -0.05) is 18.2 Å².